The molecule has 2 rings (SSSR count). The first-order chi connectivity index (χ1) is 9.29. The Balaban J connectivity index is 2.03. The fourth-order valence-corrected chi connectivity index (χ4v) is 4.75. The van der Waals surface area contributed by atoms with Gasteiger partial charge in [0, 0.05) is 13.1 Å². The molecule has 1 aromatic carbocycles. The standard InChI is InChI=1S/C12H18N2O4S2/c13-20(17,18)12-6-8-14(9-7-12)19(15,16)10-11-4-2-1-3-5-11/h1-5,12H,6-10H2,(H2,13,17,18). The van der Waals surface area contributed by atoms with Crippen LogP contribution in [-0.2, 0) is 25.8 Å². The van der Waals surface area contributed by atoms with Gasteiger partial charge in [0.15, 0.2) is 0 Å². The monoisotopic (exact) mass is 318 g/mol. The number of piperidine rings is 1. The lowest BCUT2D eigenvalue weighted by Crippen LogP contribution is -2.44. The van der Waals surface area contributed by atoms with Crippen molar-refractivity contribution in [3.63, 3.8) is 0 Å². The Morgan fingerprint density at radius 1 is 1.05 bits per heavy atom. The molecule has 1 saturated heterocycles. The summed E-state index contributed by atoms with van der Waals surface area (Å²) in [5.74, 6) is -0.0616. The van der Waals surface area contributed by atoms with Crippen molar-refractivity contribution in [2.24, 2.45) is 5.14 Å². The molecule has 2 N–H and O–H groups in total. The van der Waals surface area contributed by atoms with Crippen LogP contribution in [0.1, 0.15) is 18.4 Å². The van der Waals surface area contributed by atoms with Gasteiger partial charge < -0.3 is 0 Å². The first-order valence-corrected chi connectivity index (χ1v) is 9.54. The van der Waals surface area contributed by atoms with E-state index in [1.165, 1.54) is 4.31 Å². The fraction of sp³-hybridized carbons (Fsp3) is 0.500. The van der Waals surface area contributed by atoms with Crippen LogP contribution >= 0.6 is 0 Å². The van der Waals surface area contributed by atoms with Gasteiger partial charge in [0.1, 0.15) is 0 Å². The van der Waals surface area contributed by atoms with Gasteiger partial charge in [-0.25, -0.2) is 26.3 Å². The Morgan fingerprint density at radius 2 is 1.60 bits per heavy atom. The SMILES string of the molecule is NS(=O)(=O)C1CCN(S(=O)(=O)Cc2ccccc2)CC1. The largest absolute Gasteiger partial charge is 0.228 e. The molecule has 0 atom stereocenters. The minimum absolute atomic E-state index is 0.0616. The molecule has 0 saturated carbocycles. The van der Waals surface area contributed by atoms with Crippen molar-refractivity contribution in [3.05, 3.63) is 35.9 Å². The van der Waals surface area contributed by atoms with E-state index >= 15 is 0 Å². The van der Waals surface area contributed by atoms with Crippen molar-refractivity contribution in [1.29, 1.82) is 0 Å². The van der Waals surface area contributed by atoms with E-state index in [1.54, 1.807) is 24.3 Å². The van der Waals surface area contributed by atoms with Crippen LogP contribution in [0.5, 0.6) is 0 Å². The van der Waals surface area contributed by atoms with Crippen LogP contribution in [0.3, 0.4) is 0 Å². The number of nitrogens with two attached hydrogens (primary N) is 1. The van der Waals surface area contributed by atoms with Crippen LogP contribution in [-0.4, -0.2) is 39.5 Å². The van der Waals surface area contributed by atoms with E-state index in [0.717, 1.165) is 5.56 Å². The molecule has 20 heavy (non-hydrogen) atoms. The van der Waals surface area contributed by atoms with E-state index in [-0.39, 0.29) is 31.7 Å². The van der Waals surface area contributed by atoms with E-state index in [9.17, 15) is 16.8 Å². The minimum atomic E-state index is -3.58. The summed E-state index contributed by atoms with van der Waals surface area (Å²) in [6.07, 6.45) is 0.514. The summed E-state index contributed by atoms with van der Waals surface area (Å²) in [7, 11) is -6.98. The Labute approximate surface area is 119 Å². The highest BCUT2D eigenvalue weighted by molar-refractivity contribution is 7.89. The molecule has 1 aliphatic rings. The van der Waals surface area contributed by atoms with Gasteiger partial charge in [-0.3, -0.25) is 0 Å². The third kappa shape index (κ3) is 3.78. The Hall–Kier alpha value is -0.960. The molecule has 1 aromatic rings. The summed E-state index contributed by atoms with van der Waals surface area (Å²) >= 11 is 0. The molecule has 6 nitrogen and oxygen atoms in total. The van der Waals surface area contributed by atoms with E-state index in [4.69, 9.17) is 5.14 Å². The number of hydrogen-bond acceptors (Lipinski definition) is 4. The second-order valence-corrected chi connectivity index (χ2v) is 8.74. The highest BCUT2D eigenvalue weighted by Crippen LogP contribution is 2.20. The molecule has 1 aliphatic heterocycles. The molecule has 0 amide bonds. The lowest BCUT2D eigenvalue weighted by molar-refractivity contribution is 0.345. The number of nitrogens with zero attached hydrogens (tertiary/aromatic N) is 1. The molecule has 112 valence electrons. The van der Waals surface area contributed by atoms with Gasteiger partial charge >= 0.3 is 0 Å². The molecule has 0 aliphatic carbocycles. The summed E-state index contributed by atoms with van der Waals surface area (Å²) < 4.78 is 48.3. The average Bonchev–Trinajstić information content (AvgIpc) is 2.38. The maximum atomic E-state index is 12.3. The predicted molar refractivity (Wildman–Crippen MR) is 76.8 cm³/mol. The zero-order valence-corrected chi connectivity index (χ0v) is 12.6. The molecule has 0 bridgehead atoms. The van der Waals surface area contributed by atoms with E-state index in [2.05, 4.69) is 0 Å². The smallest absolute Gasteiger partial charge is 0.218 e. The average molecular weight is 318 g/mol. The molecule has 0 spiro atoms. The third-order valence-electron chi connectivity index (χ3n) is 3.45. The number of sulfonamides is 2. The highest BCUT2D eigenvalue weighted by atomic mass is 32.2. The summed E-state index contributed by atoms with van der Waals surface area (Å²) in [6.45, 7) is 0.409. The molecular formula is C12H18N2O4S2. The number of benzene rings is 1. The molecule has 0 unspecified atom stereocenters. The minimum Gasteiger partial charge on any atom is -0.228 e. The van der Waals surface area contributed by atoms with Crippen LogP contribution in [0.25, 0.3) is 0 Å². The van der Waals surface area contributed by atoms with Crippen molar-refractivity contribution in [2.75, 3.05) is 13.1 Å². The molecule has 1 fully saturated rings. The van der Waals surface area contributed by atoms with Crippen LogP contribution in [0, 0.1) is 0 Å². The lowest BCUT2D eigenvalue weighted by Gasteiger charge is -2.30. The maximum absolute atomic E-state index is 12.3. The quantitative estimate of drug-likeness (QED) is 0.861. The van der Waals surface area contributed by atoms with Gasteiger partial charge in [-0.1, -0.05) is 30.3 Å². The summed E-state index contributed by atoms with van der Waals surface area (Å²) in [4.78, 5) is 0. The molecule has 1 heterocycles. The van der Waals surface area contributed by atoms with Crippen LogP contribution in [0.4, 0.5) is 0 Å². The van der Waals surface area contributed by atoms with Gasteiger partial charge in [0.25, 0.3) is 0 Å². The normalized spacial score (nSPS) is 19.1. The second kappa shape index (κ2) is 5.80. The van der Waals surface area contributed by atoms with Gasteiger partial charge in [0.05, 0.1) is 11.0 Å². The van der Waals surface area contributed by atoms with Crippen LogP contribution in [0.15, 0.2) is 30.3 Å². The topological polar surface area (TPSA) is 97.5 Å². The summed E-state index contributed by atoms with van der Waals surface area (Å²) in [6, 6.07) is 8.92. The Morgan fingerprint density at radius 3 is 2.10 bits per heavy atom. The zero-order valence-electron chi connectivity index (χ0n) is 11.0. The van der Waals surface area contributed by atoms with Gasteiger partial charge in [-0.15, -0.1) is 0 Å². The number of rotatable bonds is 4. The Kier molecular flexibility index (Phi) is 4.48. The van der Waals surface area contributed by atoms with Crippen molar-refractivity contribution >= 4 is 20.0 Å². The van der Waals surface area contributed by atoms with Gasteiger partial charge in [0.2, 0.25) is 20.0 Å². The second-order valence-electron chi connectivity index (χ2n) is 4.93. The summed E-state index contributed by atoms with van der Waals surface area (Å²) in [5.41, 5.74) is 0.723. The van der Waals surface area contributed by atoms with Gasteiger partial charge in [-0.2, -0.15) is 0 Å². The van der Waals surface area contributed by atoms with E-state index in [0.29, 0.717) is 0 Å². The van der Waals surface area contributed by atoms with Crippen molar-refractivity contribution < 1.29 is 16.8 Å². The fourth-order valence-electron chi connectivity index (χ4n) is 2.31. The molecule has 0 radical (unpaired) electrons. The number of hydrogen-bond donors (Lipinski definition) is 1. The van der Waals surface area contributed by atoms with Gasteiger partial charge in [-0.05, 0) is 18.4 Å². The highest BCUT2D eigenvalue weighted by Gasteiger charge is 2.32. The van der Waals surface area contributed by atoms with Crippen LogP contribution < -0.4 is 5.14 Å². The molecule has 0 aromatic heterocycles. The third-order valence-corrected chi connectivity index (χ3v) is 6.70. The lowest BCUT2D eigenvalue weighted by atomic mass is 10.2. The summed E-state index contributed by atoms with van der Waals surface area (Å²) in [5, 5.41) is 4.46. The van der Waals surface area contributed by atoms with Crippen molar-refractivity contribution in [2.45, 2.75) is 23.8 Å². The molecule has 8 heteroatoms. The maximum Gasteiger partial charge on any atom is 0.218 e. The predicted octanol–water partition coefficient (Wildman–Crippen LogP) is 0.269. The van der Waals surface area contributed by atoms with E-state index < -0.39 is 25.3 Å². The zero-order chi connectivity index (χ0) is 14.8. The van der Waals surface area contributed by atoms with Crippen molar-refractivity contribution in [3.8, 4) is 0 Å². The first kappa shape index (κ1) is 15.4. The Bertz CT molecular complexity index is 648. The number of primary sulfonamides is 1. The van der Waals surface area contributed by atoms with E-state index in [1.807, 2.05) is 6.07 Å². The van der Waals surface area contributed by atoms with Crippen molar-refractivity contribution in [1.82, 2.24) is 4.31 Å². The molecular weight excluding hydrogens is 300 g/mol. The first-order valence-electron chi connectivity index (χ1n) is 6.32. The van der Waals surface area contributed by atoms with Crippen LogP contribution in [0.2, 0.25) is 0 Å².